The Balaban J connectivity index is 2.04. The van der Waals surface area contributed by atoms with Gasteiger partial charge in [0.15, 0.2) is 0 Å². The number of hydrogen-bond acceptors (Lipinski definition) is 4. The van der Waals surface area contributed by atoms with Gasteiger partial charge in [0.25, 0.3) is 5.91 Å². The number of carbonyl (C=O) groups is 1. The fraction of sp³-hybridized carbons (Fsp3) is 0.0833. The van der Waals surface area contributed by atoms with E-state index < -0.39 is 5.91 Å². The molecular formula is C12H12N4O. The summed E-state index contributed by atoms with van der Waals surface area (Å²) < 4.78 is 0. The van der Waals surface area contributed by atoms with Gasteiger partial charge in [-0.1, -0.05) is 6.07 Å². The van der Waals surface area contributed by atoms with E-state index in [1.165, 1.54) is 0 Å². The van der Waals surface area contributed by atoms with Crippen molar-refractivity contribution in [2.24, 2.45) is 5.73 Å². The van der Waals surface area contributed by atoms with Crippen LogP contribution >= 0.6 is 0 Å². The summed E-state index contributed by atoms with van der Waals surface area (Å²) in [5, 5.41) is 3.17. The lowest BCUT2D eigenvalue weighted by atomic mass is 10.2. The zero-order valence-corrected chi connectivity index (χ0v) is 9.13. The third-order valence-corrected chi connectivity index (χ3v) is 2.23. The Hall–Kier alpha value is -2.43. The number of aromatic nitrogens is 2. The van der Waals surface area contributed by atoms with Crippen molar-refractivity contribution in [2.75, 3.05) is 5.32 Å². The second kappa shape index (κ2) is 5.07. The fourth-order valence-corrected chi connectivity index (χ4v) is 1.38. The normalized spacial score (nSPS) is 9.88. The topological polar surface area (TPSA) is 80.9 Å². The lowest BCUT2D eigenvalue weighted by molar-refractivity contribution is 0.0995. The molecule has 2 rings (SSSR count). The molecule has 0 spiro atoms. The van der Waals surface area contributed by atoms with Crippen LogP contribution in [-0.2, 0) is 6.54 Å². The number of nitrogens with zero attached hydrogens (tertiary/aromatic N) is 2. The monoisotopic (exact) mass is 228 g/mol. The van der Waals surface area contributed by atoms with E-state index in [4.69, 9.17) is 5.73 Å². The second-order valence-corrected chi connectivity index (χ2v) is 3.51. The van der Waals surface area contributed by atoms with E-state index in [0.717, 1.165) is 11.3 Å². The molecular weight excluding hydrogens is 216 g/mol. The Kier molecular flexibility index (Phi) is 3.30. The van der Waals surface area contributed by atoms with Crippen LogP contribution in [0, 0.1) is 0 Å². The van der Waals surface area contributed by atoms with E-state index in [9.17, 15) is 4.79 Å². The maximum absolute atomic E-state index is 10.9. The highest BCUT2D eigenvalue weighted by Gasteiger charge is 2.02. The van der Waals surface area contributed by atoms with Gasteiger partial charge in [-0.25, -0.2) is 0 Å². The highest BCUT2D eigenvalue weighted by Crippen LogP contribution is 2.09. The Morgan fingerprint density at radius 1 is 1.35 bits per heavy atom. The molecule has 0 aliphatic rings. The van der Waals surface area contributed by atoms with Gasteiger partial charge in [-0.15, -0.1) is 0 Å². The molecule has 17 heavy (non-hydrogen) atoms. The summed E-state index contributed by atoms with van der Waals surface area (Å²) >= 11 is 0. The van der Waals surface area contributed by atoms with Crippen molar-refractivity contribution in [3.63, 3.8) is 0 Å². The highest BCUT2D eigenvalue weighted by molar-refractivity contribution is 5.91. The maximum Gasteiger partial charge on any atom is 0.267 e. The highest BCUT2D eigenvalue weighted by atomic mass is 16.1. The molecule has 0 saturated heterocycles. The number of primary amides is 1. The van der Waals surface area contributed by atoms with Crippen LogP contribution in [0.3, 0.4) is 0 Å². The first-order chi connectivity index (χ1) is 8.25. The summed E-state index contributed by atoms with van der Waals surface area (Å²) in [5.74, 6) is -0.532. The molecule has 2 aromatic heterocycles. The van der Waals surface area contributed by atoms with Crippen LogP contribution in [0.5, 0.6) is 0 Å². The van der Waals surface area contributed by atoms with E-state index in [0.29, 0.717) is 6.54 Å². The summed E-state index contributed by atoms with van der Waals surface area (Å²) in [6.07, 6.45) is 5.05. The standard InChI is InChI=1S/C12H12N4O/c13-12(17)11-6-10(3-5-15-11)16-8-9-2-1-4-14-7-9/h1-7H,8H2,(H2,13,17)(H,15,16). The Bertz CT molecular complexity index is 513. The number of rotatable bonds is 4. The number of nitrogens with one attached hydrogen (secondary N) is 1. The molecule has 0 fully saturated rings. The van der Waals surface area contributed by atoms with Gasteiger partial charge < -0.3 is 11.1 Å². The molecule has 0 bridgehead atoms. The Labute approximate surface area is 98.7 Å². The van der Waals surface area contributed by atoms with E-state index in [2.05, 4.69) is 15.3 Å². The Morgan fingerprint density at radius 3 is 2.94 bits per heavy atom. The van der Waals surface area contributed by atoms with E-state index >= 15 is 0 Å². The first kappa shape index (κ1) is 11.1. The number of nitrogens with two attached hydrogens (primary N) is 1. The molecule has 2 aromatic rings. The van der Waals surface area contributed by atoms with Crippen LogP contribution in [-0.4, -0.2) is 15.9 Å². The van der Waals surface area contributed by atoms with Crippen molar-refractivity contribution < 1.29 is 4.79 Å². The van der Waals surface area contributed by atoms with E-state index in [-0.39, 0.29) is 5.69 Å². The van der Waals surface area contributed by atoms with Crippen LogP contribution in [0.15, 0.2) is 42.9 Å². The first-order valence-electron chi connectivity index (χ1n) is 5.14. The van der Waals surface area contributed by atoms with Gasteiger partial charge in [0, 0.05) is 30.8 Å². The number of hydrogen-bond donors (Lipinski definition) is 2. The fourth-order valence-electron chi connectivity index (χ4n) is 1.38. The summed E-state index contributed by atoms with van der Waals surface area (Å²) in [6.45, 7) is 0.635. The average molecular weight is 228 g/mol. The summed E-state index contributed by atoms with van der Waals surface area (Å²) in [7, 11) is 0. The summed E-state index contributed by atoms with van der Waals surface area (Å²) in [5.41, 5.74) is 7.27. The van der Waals surface area contributed by atoms with Gasteiger partial charge in [-0.2, -0.15) is 0 Å². The molecule has 0 radical (unpaired) electrons. The van der Waals surface area contributed by atoms with Gasteiger partial charge in [0.05, 0.1) is 0 Å². The van der Waals surface area contributed by atoms with Crippen molar-refractivity contribution >= 4 is 11.6 Å². The smallest absolute Gasteiger partial charge is 0.267 e. The summed E-state index contributed by atoms with van der Waals surface area (Å²) in [6, 6.07) is 7.25. The van der Waals surface area contributed by atoms with Crippen molar-refractivity contribution in [3.05, 3.63) is 54.1 Å². The predicted molar refractivity (Wildman–Crippen MR) is 64.3 cm³/mol. The van der Waals surface area contributed by atoms with Crippen LogP contribution in [0.4, 0.5) is 5.69 Å². The molecule has 1 amide bonds. The van der Waals surface area contributed by atoms with Gasteiger partial charge in [0.1, 0.15) is 5.69 Å². The molecule has 2 heterocycles. The Morgan fingerprint density at radius 2 is 2.24 bits per heavy atom. The SMILES string of the molecule is NC(=O)c1cc(NCc2cccnc2)ccn1. The number of pyridine rings is 2. The predicted octanol–water partition coefficient (Wildman–Crippen LogP) is 1.19. The van der Waals surface area contributed by atoms with Gasteiger partial charge >= 0.3 is 0 Å². The maximum atomic E-state index is 10.9. The van der Waals surface area contributed by atoms with Gasteiger partial charge in [0.2, 0.25) is 0 Å². The molecule has 86 valence electrons. The summed E-state index contributed by atoms with van der Waals surface area (Å²) in [4.78, 5) is 18.8. The third-order valence-electron chi connectivity index (χ3n) is 2.23. The number of carbonyl (C=O) groups excluding carboxylic acids is 1. The average Bonchev–Trinajstić information content (AvgIpc) is 2.38. The van der Waals surface area contributed by atoms with E-state index in [1.807, 2.05) is 12.1 Å². The van der Waals surface area contributed by atoms with Crippen molar-refractivity contribution in [2.45, 2.75) is 6.54 Å². The largest absolute Gasteiger partial charge is 0.381 e. The minimum Gasteiger partial charge on any atom is -0.381 e. The number of amides is 1. The van der Waals surface area contributed by atoms with Gasteiger partial charge in [-0.3, -0.25) is 14.8 Å². The van der Waals surface area contributed by atoms with Crippen molar-refractivity contribution in [3.8, 4) is 0 Å². The van der Waals surface area contributed by atoms with Crippen molar-refractivity contribution in [1.82, 2.24) is 9.97 Å². The molecule has 0 saturated carbocycles. The third kappa shape index (κ3) is 3.01. The molecule has 3 N–H and O–H groups in total. The lowest BCUT2D eigenvalue weighted by Crippen LogP contribution is -2.13. The molecule has 0 unspecified atom stereocenters. The van der Waals surface area contributed by atoms with Gasteiger partial charge in [-0.05, 0) is 23.8 Å². The lowest BCUT2D eigenvalue weighted by Gasteiger charge is -2.06. The van der Waals surface area contributed by atoms with E-state index in [1.54, 1.807) is 30.7 Å². The minimum atomic E-state index is -0.532. The minimum absolute atomic E-state index is 0.251. The first-order valence-corrected chi connectivity index (χ1v) is 5.14. The molecule has 0 aliphatic heterocycles. The van der Waals surface area contributed by atoms with Crippen LogP contribution in [0.25, 0.3) is 0 Å². The van der Waals surface area contributed by atoms with Crippen molar-refractivity contribution in [1.29, 1.82) is 0 Å². The molecule has 5 heteroatoms. The second-order valence-electron chi connectivity index (χ2n) is 3.51. The molecule has 5 nitrogen and oxygen atoms in total. The quantitative estimate of drug-likeness (QED) is 0.823. The number of anilines is 1. The van der Waals surface area contributed by atoms with Crippen LogP contribution in [0.1, 0.15) is 16.1 Å². The zero-order chi connectivity index (χ0) is 12.1. The molecule has 0 aromatic carbocycles. The molecule has 0 atom stereocenters. The van der Waals surface area contributed by atoms with Crippen LogP contribution in [0.2, 0.25) is 0 Å². The van der Waals surface area contributed by atoms with Crippen LogP contribution < -0.4 is 11.1 Å². The molecule has 0 aliphatic carbocycles. The zero-order valence-electron chi connectivity index (χ0n) is 9.13.